The zero-order chi connectivity index (χ0) is 14.8. The van der Waals surface area contributed by atoms with Gasteiger partial charge in [0.25, 0.3) is 0 Å². The van der Waals surface area contributed by atoms with E-state index in [1.807, 2.05) is 23.6 Å². The summed E-state index contributed by atoms with van der Waals surface area (Å²) in [5.74, 6) is -1.74. The van der Waals surface area contributed by atoms with Gasteiger partial charge >= 0.3 is 0 Å². The third-order valence-corrected chi connectivity index (χ3v) is 5.19. The Morgan fingerprint density at radius 3 is 2.52 bits per heavy atom. The van der Waals surface area contributed by atoms with E-state index in [1.54, 1.807) is 17.4 Å². The molecule has 1 aromatic carbocycles. The van der Waals surface area contributed by atoms with Crippen LogP contribution in [0.25, 0.3) is 0 Å². The van der Waals surface area contributed by atoms with E-state index in [0.29, 0.717) is 4.34 Å². The largest absolute Gasteiger partial charge is 0.370 e. The van der Waals surface area contributed by atoms with E-state index >= 15 is 0 Å². The highest BCUT2D eigenvalue weighted by atomic mass is 35.5. The lowest BCUT2D eigenvalue weighted by atomic mass is 10.2. The van der Waals surface area contributed by atoms with E-state index < -0.39 is 11.6 Å². The van der Waals surface area contributed by atoms with Crippen LogP contribution < -0.4 is 5.32 Å². The summed E-state index contributed by atoms with van der Waals surface area (Å²) in [6.07, 6.45) is 0. The molecule has 0 saturated carbocycles. The summed E-state index contributed by atoms with van der Waals surface area (Å²) < 4.78 is 27.9. The minimum absolute atomic E-state index is 0.137. The van der Waals surface area contributed by atoms with E-state index in [9.17, 15) is 8.78 Å². The minimum atomic E-state index is -0.873. The molecule has 2 aromatic heterocycles. The Bertz CT molecular complexity index is 740. The van der Waals surface area contributed by atoms with Gasteiger partial charge < -0.3 is 5.32 Å². The lowest BCUT2D eigenvalue weighted by molar-refractivity contribution is 0.510. The number of rotatable bonds is 4. The van der Waals surface area contributed by atoms with Gasteiger partial charge in [0.05, 0.1) is 16.1 Å². The first-order valence-corrected chi connectivity index (χ1v) is 8.22. The number of hydrogen-bond acceptors (Lipinski definition) is 3. The second kappa shape index (κ2) is 6.13. The summed E-state index contributed by atoms with van der Waals surface area (Å²) >= 11 is 8.95. The molecule has 1 nitrogen and oxygen atoms in total. The molecular formula is C15H10ClF2NS2. The number of anilines is 1. The lowest BCUT2D eigenvalue weighted by Gasteiger charge is -2.18. The summed E-state index contributed by atoms with van der Waals surface area (Å²) in [6, 6.07) is 11.4. The van der Waals surface area contributed by atoms with Crippen LogP contribution in [0.4, 0.5) is 14.5 Å². The standard InChI is InChI=1S/C15H10ClF2NS2/c16-13-7-6-12(21-13)15(11-5-2-8-20-11)19-10-4-1-3-9(17)14(10)18/h1-8,15,19H. The summed E-state index contributed by atoms with van der Waals surface area (Å²) in [5, 5.41) is 5.01. The number of hydrogen-bond donors (Lipinski definition) is 1. The molecule has 108 valence electrons. The molecule has 0 saturated heterocycles. The fourth-order valence-electron chi connectivity index (χ4n) is 1.99. The Labute approximate surface area is 133 Å². The zero-order valence-electron chi connectivity index (χ0n) is 10.6. The molecule has 1 atom stereocenters. The van der Waals surface area contributed by atoms with Crippen molar-refractivity contribution in [1.82, 2.24) is 0 Å². The zero-order valence-corrected chi connectivity index (χ0v) is 13.0. The maximum atomic E-state index is 13.9. The van der Waals surface area contributed by atoms with Crippen LogP contribution in [0.2, 0.25) is 4.34 Å². The van der Waals surface area contributed by atoms with E-state index in [4.69, 9.17) is 11.6 Å². The maximum Gasteiger partial charge on any atom is 0.181 e. The van der Waals surface area contributed by atoms with Crippen molar-refractivity contribution >= 4 is 40.0 Å². The highest BCUT2D eigenvalue weighted by molar-refractivity contribution is 7.16. The molecule has 21 heavy (non-hydrogen) atoms. The first kappa shape index (κ1) is 14.5. The molecule has 0 bridgehead atoms. The molecule has 1 N–H and O–H groups in total. The van der Waals surface area contributed by atoms with E-state index in [1.165, 1.54) is 23.5 Å². The van der Waals surface area contributed by atoms with Crippen molar-refractivity contribution in [2.45, 2.75) is 6.04 Å². The van der Waals surface area contributed by atoms with Crippen LogP contribution in [-0.2, 0) is 0 Å². The third-order valence-electron chi connectivity index (χ3n) is 2.96. The van der Waals surface area contributed by atoms with Crippen LogP contribution >= 0.6 is 34.3 Å². The highest BCUT2D eigenvalue weighted by Crippen LogP contribution is 2.36. The number of nitrogens with one attached hydrogen (secondary N) is 1. The lowest BCUT2D eigenvalue weighted by Crippen LogP contribution is -2.11. The van der Waals surface area contributed by atoms with Gasteiger partial charge in [-0.3, -0.25) is 0 Å². The quantitative estimate of drug-likeness (QED) is 0.619. The van der Waals surface area contributed by atoms with Crippen LogP contribution in [0.3, 0.4) is 0 Å². The van der Waals surface area contributed by atoms with Crippen molar-refractivity contribution in [3.8, 4) is 0 Å². The van der Waals surface area contributed by atoms with Crippen LogP contribution in [0.15, 0.2) is 47.8 Å². The van der Waals surface area contributed by atoms with Gasteiger partial charge in [-0.2, -0.15) is 0 Å². The summed E-state index contributed by atoms with van der Waals surface area (Å²) in [4.78, 5) is 1.96. The SMILES string of the molecule is Fc1cccc(NC(c2cccs2)c2ccc(Cl)s2)c1F. The summed E-state index contributed by atoms with van der Waals surface area (Å²) in [6.45, 7) is 0. The number of thiophene rings is 2. The van der Waals surface area contributed by atoms with Gasteiger partial charge in [-0.1, -0.05) is 23.7 Å². The highest BCUT2D eigenvalue weighted by Gasteiger charge is 2.19. The second-order valence-corrected chi connectivity index (χ2v) is 7.06. The molecule has 6 heteroatoms. The van der Waals surface area contributed by atoms with Crippen LogP contribution in [0, 0.1) is 11.6 Å². The van der Waals surface area contributed by atoms with Gasteiger partial charge in [-0.25, -0.2) is 8.78 Å². The first-order valence-electron chi connectivity index (χ1n) is 6.14. The summed E-state index contributed by atoms with van der Waals surface area (Å²) in [7, 11) is 0. The molecule has 0 amide bonds. The number of benzene rings is 1. The Morgan fingerprint density at radius 1 is 1.00 bits per heavy atom. The van der Waals surface area contributed by atoms with Gasteiger partial charge in [0, 0.05) is 9.75 Å². The van der Waals surface area contributed by atoms with Crippen molar-refractivity contribution in [3.05, 3.63) is 73.6 Å². The monoisotopic (exact) mass is 341 g/mol. The van der Waals surface area contributed by atoms with E-state index in [0.717, 1.165) is 15.8 Å². The Morgan fingerprint density at radius 2 is 1.86 bits per heavy atom. The normalized spacial score (nSPS) is 12.3. The van der Waals surface area contributed by atoms with Crippen molar-refractivity contribution in [1.29, 1.82) is 0 Å². The predicted octanol–water partition coefficient (Wildman–Crippen LogP) is 5.94. The molecule has 0 radical (unpaired) electrons. The minimum Gasteiger partial charge on any atom is -0.370 e. The molecule has 0 aliphatic carbocycles. The molecule has 2 heterocycles. The fraction of sp³-hybridized carbons (Fsp3) is 0.0667. The van der Waals surface area contributed by atoms with Crippen molar-refractivity contribution in [2.75, 3.05) is 5.32 Å². The van der Waals surface area contributed by atoms with Crippen molar-refractivity contribution in [3.63, 3.8) is 0 Å². The predicted molar refractivity (Wildman–Crippen MR) is 85.5 cm³/mol. The molecule has 1 unspecified atom stereocenters. The Hall–Kier alpha value is -1.43. The maximum absolute atomic E-state index is 13.9. The molecule has 3 rings (SSSR count). The van der Waals surface area contributed by atoms with Gasteiger partial charge in [0.2, 0.25) is 0 Å². The van der Waals surface area contributed by atoms with Gasteiger partial charge in [0.1, 0.15) is 0 Å². The molecule has 3 aromatic rings. The average molecular weight is 342 g/mol. The average Bonchev–Trinajstić information content (AvgIpc) is 3.12. The van der Waals surface area contributed by atoms with Gasteiger partial charge in [-0.05, 0) is 35.7 Å². The van der Waals surface area contributed by atoms with Crippen LogP contribution in [0.5, 0.6) is 0 Å². The molecule has 0 fully saturated rings. The smallest absolute Gasteiger partial charge is 0.181 e. The summed E-state index contributed by atoms with van der Waals surface area (Å²) in [5.41, 5.74) is 0.137. The molecule has 0 aliphatic heterocycles. The van der Waals surface area contributed by atoms with Crippen LogP contribution in [-0.4, -0.2) is 0 Å². The molecule has 0 spiro atoms. The Kier molecular flexibility index (Phi) is 4.24. The topological polar surface area (TPSA) is 12.0 Å². The Balaban J connectivity index is 1.99. The van der Waals surface area contributed by atoms with Gasteiger partial charge in [-0.15, -0.1) is 22.7 Å². The molecular weight excluding hydrogens is 332 g/mol. The van der Waals surface area contributed by atoms with Gasteiger partial charge in [0.15, 0.2) is 11.6 Å². The molecule has 0 aliphatic rings. The van der Waals surface area contributed by atoms with Crippen LogP contribution in [0.1, 0.15) is 15.8 Å². The second-order valence-electron chi connectivity index (χ2n) is 4.34. The van der Waals surface area contributed by atoms with E-state index in [2.05, 4.69) is 5.32 Å². The first-order chi connectivity index (χ1) is 10.1. The van der Waals surface area contributed by atoms with Crippen molar-refractivity contribution < 1.29 is 8.78 Å². The third kappa shape index (κ3) is 3.10. The number of halogens is 3. The van der Waals surface area contributed by atoms with Crippen molar-refractivity contribution in [2.24, 2.45) is 0 Å². The fourth-order valence-corrected chi connectivity index (χ4v) is 3.99. The van der Waals surface area contributed by atoms with E-state index in [-0.39, 0.29) is 11.7 Å².